The molecule has 1 spiro atoms. The molecule has 3 aliphatic rings. The van der Waals surface area contributed by atoms with E-state index >= 15 is 0 Å². The number of nitrogens with zero attached hydrogens (tertiary/aromatic N) is 2. The molecule has 2 N–H and O–H groups in total. The van der Waals surface area contributed by atoms with E-state index in [0.29, 0.717) is 0 Å². The lowest BCUT2D eigenvalue weighted by molar-refractivity contribution is -0.118. The number of rotatable bonds is 3. The molecule has 2 aromatic rings. The number of piperidine rings is 1. The zero-order valence-corrected chi connectivity index (χ0v) is 17.6. The topological polar surface area (TPSA) is 59.0 Å². The van der Waals surface area contributed by atoms with Gasteiger partial charge in [-0.05, 0) is 81.3 Å². The fourth-order valence-corrected chi connectivity index (χ4v) is 4.79. The van der Waals surface area contributed by atoms with E-state index < -0.39 is 0 Å². The second kappa shape index (κ2) is 8.44. The van der Waals surface area contributed by atoms with Gasteiger partial charge in [0.1, 0.15) is 5.82 Å². The molecule has 1 aromatic carbocycles. The Morgan fingerprint density at radius 3 is 2.64 bits per heavy atom. The van der Waals surface area contributed by atoms with Crippen LogP contribution in [0.4, 0.5) is 5.69 Å². The maximum atomic E-state index is 12.6. The van der Waals surface area contributed by atoms with Gasteiger partial charge in [-0.3, -0.25) is 4.79 Å². The number of nitrogens with one attached hydrogen (secondary N) is 2. The summed E-state index contributed by atoms with van der Waals surface area (Å²) in [5.41, 5.74) is 3.63. The fraction of sp³-hybridized carbons (Fsp3) is 0.524. The summed E-state index contributed by atoms with van der Waals surface area (Å²) in [6, 6.07) is 8.17. The van der Waals surface area contributed by atoms with Gasteiger partial charge in [0.25, 0.3) is 0 Å². The van der Waals surface area contributed by atoms with Gasteiger partial charge in [-0.2, -0.15) is 0 Å². The highest BCUT2D eigenvalue weighted by molar-refractivity contribution is 5.95. The molecule has 152 valence electrons. The van der Waals surface area contributed by atoms with Crippen LogP contribution in [0.1, 0.15) is 37.8 Å². The monoisotopic (exact) mass is 422 g/mol. The van der Waals surface area contributed by atoms with Gasteiger partial charge in [0.2, 0.25) is 5.91 Å². The zero-order valence-electron chi connectivity index (χ0n) is 15.9. The van der Waals surface area contributed by atoms with Crippen molar-refractivity contribution in [2.45, 2.75) is 45.1 Å². The molecule has 3 heterocycles. The molecule has 0 radical (unpaired) electrons. The van der Waals surface area contributed by atoms with Gasteiger partial charge >= 0.3 is 0 Å². The number of hydrogen-bond donors (Lipinski definition) is 2. The van der Waals surface area contributed by atoms with Crippen molar-refractivity contribution in [3.63, 3.8) is 0 Å². The molecule has 7 heteroatoms. The van der Waals surface area contributed by atoms with Crippen LogP contribution in [0.5, 0.6) is 0 Å². The third-order valence-corrected chi connectivity index (χ3v) is 6.52. The van der Waals surface area contributed by atoms with Crippen LogP contribution in [0.15, 0.2) is 30.5 Å². The van der Waals surface area contributed by atoms with Crippen LogP contribution in [0.2, 0.25) is 0 Å². The Morgan fingerprint density at radius 1 is 1.14 bits per heavy atom. The van der Waals surface area contributed by atoms with Crippen molar-refractivity contribution in [3.05, 3.63) is 36.2 Å². The van der Waals surface area contributed by atoms with Crippen molar-refractivity contribution < 1.29 is 4.79 Å². The molecular formula is C21H28Cl2N4O. The molecular weight excluding hydrogens is 395 g/mol. The molecule has 28 heavy (non-hydrogen) atoms. The minimum Gasteiger partial charge on any atom is -0.328 e. The highest BCUT2D eigenvalue weighted by Gasteiger charge is 2.57. The highest BCUT2D eigenvalue weighted by Crippen LogP contribution is 2.58. The first-order chi connectivity index (χ1) is 12.8. The second-order valence-corrected chi connectivity index (χ2v) is 8.12. The van der Waals surface area contributed by atoms with Crippen LogP contribution in [0.3, 0.4) is 0 Å². The largest absolute Gasteiger partial charge is 0.328 e. The molecule has 2 fully saturated rings. The highest BCUT2D eigenvalue weighted by atomic mass is 35.5. The molecule has 1 aromatic heterocycles. The summed E-state index contributed by atoms with van der Waals surface area (Å²) in [6.07, 6.45) is 8.94. The number of anilines is 1. The van der Waals surface area contributed by atoms with E-state index in [0.717, 1.165) is 62.4 Å². The Bertz CT molecular complexity index is 827. The van der Waals surface area contributed by atoms with Gasteiger partial charge in [0.15, 0.2) is 0 Å². The smallest absolute Gasteiger partial charge is 0.228 e. The van der Waals surface area contributed by atoms with Crippen molar-refractivity contribution in [2.75, 3.05) is 18.4 Å². The van der Waals surface area contributed by atoms with Crippen molar-refractivity contribution in [2.24, 2.45) is 11.3 Å². The van der Waals surface area contributed by atoms with Gasteiger partial charge in [-0.25, -0.2) is 4.98 Å². The fourth-order valence-electron chi connectivity index (χ4n) is 4.79. The summed E-state index contributed by atoms with van der Waals surface area (Å²) in [7, 11) is 0. The normalized spacial score (nSPS) is 21.8. The molecule has 1 aliphatic carbocycles. The SMILES string of the molecule is Cl.Cl.O=C(Nc1ccc(-c2ncc3n2CCCC3)cc1)C1CC12CCNCC2. The van der Waals surface area contributed by atoms with E-state index in [1.54, 1.807) is 0 Å². The van der Waals surface area contributed by atoms with E-state index in [4.69, 9.17) is 0 Å². The first-order valence-electron chi connectivity index (χ1n) is 9.92. The number of halogens is 2. The molecule has 1 amide bonds. The van der Waals surface area contributed by atoms with E-state index in [1.807, 2.05) is 18.3 Å². The van der Waals surface area contributed by atoms with Gasteiger partial charge in [-0.1, -0.05) is 0 Å². The summed E-state index contributed by atoms with van der Waals surface area (Å²) in [6.45, 7) is 3.15. The first kappa shape index (κ1) is 21.2. The Kier molecular flexibility index (Phi) is 6.37. The number of benzene rings is 1. The van der Waals surface area contributed by atoms with Crippen molar-refractivity contribution in [1.29, 1.82) is 0 Å². The molecule has 1 saturated carbocycles. The lowest BCUT2D eigenvalue weighted by Gasteiger charge is -2.23. The van der Waals surface area contributed by atoms with Crippen LogP contribution in [0, 0.1) is 11.3 Å². The van der Waals surface area contributed by atoms with Gasteiger partial charge in [-0.15, -0.1) is 24.8 Å². The Hall–Kier alpha value is -1.56. The van der Waals surface area contributed by atoms with Gasteiger partial charge in [0.05, 0.1) is 0 Å². The van der Waals surface area contributed by atoms with Crippen molar-refractivity contribution in [3.8, 4) is 11.4 Å². The third-order valence-electron chi connectivity index (χ3n) is 6.52. The van der Waals surface area contributed by atoms with Crippen LogP contribution in [0.25, 0.3) is 11.4 Å². The number of aromatic nitrogens is 2. The van der Waals surface area contributed by atoms with E-state index in [9.17, 15) is 4.79 Å². The van der Waals surface area contributed by atoms with Crippen LogP contribution in [-0.2, 0) is 17.8 Å². The van der Waals surface area contributed by atoms with E-state index in [1.165, 1.54) is 18.5 Å². The summed E-state index contributed by atoms with van der Waals surface area (Å²) < 4.78 is 2.34. The molecule has 1 unspecified atom stereocenters. The zero-order chi connectivity index (χ0) is 17.6. The Morgan fingerprint density at radius 2 is 1.89 bits per heavy atom. The van der Waals surface area contributed by atoms with E-state index in [-0.39, 0.29) is 42.1 Å². The lowest BCUT2D eigenvalue weighted by atomic mass is 9.92. The Balaban J connectivity index is 0.00000112. The minimum atomic E-state index is 0. The molecule has 1 atom stereocenters. The minimum absolute atomic E-state index is 0. The summed E-state index contributed by atoms with van der Waals surface area (Å²) in [4.78, 5) is 17.2. The predicted molar refractivity (Wildman–Crippen MR) is 116 cm³/mol. The number of imidazole rings is 1. The van der Waals surface area contributed by atoms with Crippen LogP contribution < -0.4 is 10.6 Å². The van der Waals surface area contributed by atoms with Gasteiger partial charge < -0.3 is 15.2 Å². The maximum absolute atomic E-state index is 12.6. The van der Waals surface area contributed by atoms with Crippen molar-refractivity contribution >= 4 is 36.4 Å². The summed E-state index contributed by atoms with van der Waals surface area (Å²) in [5.74, 6) is 1.44. The standard InChI is InChI=1S/C21H26N4O.2ClH/c26-20(18-13-21(18)8-10-22-11-9-21)24-16-6-4-15(5-7-16)19-23-14-17-3-1-2-12-25(17)19;;/h4-7,14,18,22H,1-3,8-13H2,(H,24,26);2*1H. The van der Waals surface area contributed by atoms with E-state index in [2.05, 4.69) is 32.3 Å². The number of hydrogen-bond acceptors (Lipinski definition) is 3. The number of carbonyl (C=O) groups excluding carboxylic acids is 1. The predicted octanol–water partition coefficient (Wildman–Crippen LogP) is 4.06. The number of amides is 1. The number of carbonyl (C=O) groups is 1. The average molecular weight is 423 g/mol. The quantitative estimate of drug-likeness (QED) is 0.783. The Labute approximate surface area is 178 Å². The molecule has 0 bridgehead atoms. The maximum Gasteiger partial charge on any atom is 0.228 e. The number of aryl methyl sites for hydroxylation is 1. The molecule has 5 rings (SSSR count). The van der Waals surface area contributed by atoms with Gasteiger partial charge in [0, 0.05) is 35.6 Å². The average Bonchev–Trinajstić information content (AvgIpc) is 3.20. The van der Waals surface area contributed by atoms with Crippen LogP contribution >= 0.6 is 24.8 Å². The third kappa shape index (κ3) is 3.80. The van der Waals surface area contributed by atoms with Crippen molar-refractivity contribution in [1.82, 2.24) is 14.9 Å². The molecule has 5 nitrogen and oxygen atoms in total. The molecule has 2 aliphatic heterocycles. The second-order valence-electron chi connectivity index (χ2n) is 8.12. The van der Waals surface area contributed by atoms with Crippen LogP contribution in [-0.4, -0.2) is 28.5 Å². The lowest BCUT2D eigenvalue weighted by Crippen LogP contribution is -2.31. The first-order valence-corrected chi connectivity index (χ1v) is 9.92. The molecule has 1 saturated heterocycles. The summed E-state index contributed by atoms with van der Waals surface area (Å²) >= 11 is 0. The summed E-state index contributed by atoms with van der Waals surface area (Å²) in [5, 5.41) is 6.51. The number of fused-ring (bicyclic) bond motifs is 1.